The number of hydrogen-bond acceptors (Lipinski definition) is 5. The molecular weight excluding hydrogens is 330 g/mol. The second-order valence-corrected chi connectivity index (χ2v) is 5.67. The van der Waals surface area contributed by atoms with Crippen LogP contribution in [0.5, 0.6) is 11.5 Å². The highest BCUT2D eigenvalue weighted by Gasteiger charge is 2.11. The number of hydrazone groups is 1. The minimum atomic E-state index is -0.333. The summed E-state index contributed by atoms with van der Waals surface area (Å²) in [7, 11) is 0. The Kier molecular flexibility index (Phi) is 5.12. The van der Waals surface area contributed by atoms with Crippen molar-refractivity contribution in [1.82, 2.24) is 10.4 Å². The topological polar surface area (TPSA) is 83.8 Å². The van der Waals surface area contributed by atoms with E-state index in [0.717, 1.165) is 10.9 Å². The molecule has 0 aliphatic heterocycles. The van der Waals surface area contributed by atoms with Gasteiger partial charge >= 0.3 is 0 Å². The summed E-state index contributed by atoms with van der Waals surface area (Å²) in [5.74, 6) is 0.101. The van der Waals surface area contributed by atoms with Crippen LogP contribution >= 0.6 is 0 Å². The van der Waals surface area contributed by atoms with Gasteiger partial charge < -0.3 is 9.84 Å². The number of aryl methyl sites for hydroxylation is 1. The van der Waals surface area contributed by atoms with Gasteiger partial charge in [0, 0.05) is 5.39 Å². The molecule has 0 bridgehead atoms. The summed E-state index contributed by atoms with van der Waals surface area (Å²) in [5.41, 5.74) is 5.16. The number of rotatable bonds is 5. The predicted octanol–water partition coefficient (Wildman–Crippen LogP) is 3.41. The summed E-state index contributed by atoms with van der Waals surface area (Å²) in [4.78, 5) is 16.8. The van der Waals surface area contributed by atoms with Crippen molar-refractivity contribution in [1.29, 1.82) is 0 Å². The molecule has 2 aromatic carbocycles. The molecule has 1 heterocycles. The predicted molar refractivity (Wildman–Crippen MR) is 101 cm³/mol. The first-order valence-corrected chi connectivity index (χ1v) is 8.24. The minimum Gasteiger partial charge on any atom is -0.504 e. The Labute approximate surface area is 151 Å². The number of carbonyl (C=O) groups excluding carboxylic acids is 1. The summed E-state index contributed by atoms with van der Waals surface area (Å²) >= 11 is 0. The third-order valence-electron chi connectivity index (χ3n) is 3.82. The fraction of sp³-hybridized carbons (Fsp3) is 0.150. The summed E-state index contributed by atoms with van der Waals surface area (Å²) in [6.07, 6.45) is 1.49. The first kappa shape index (κ1) is 17.4. The van der Waals surface area contributed by atoms with E-state index in [9.17, 15) is 9.90 Å². The van der Waals surface area contributed by atoms with Crippen LogP contribution in [-0.2, 0) is 0 Å². The van der Waals surface area contributed by atoms with Crippen molar-refractivity contribution in [2.24, 2.45) is 5.10 Å². The molecule has 6 nitrogen and oxygen atoms in total. The van der Waals surface area contributed by atoms with E-state index in [1.54, 1.807) is 25.1 Å². The molecule has 1 aromatic heterocycles. The van der Waals surface area contributed by atoms with Crippen LogP contribution in [0.4, 0.5) is 0 Å². The molecule has 26 heavy (non-hydrogen) atoms. The van der Waals surface area contributed by atoms with E-state index in [0.29, 0.717) is 29.2 Å². The number of ether oxygens (including phenoxy) is 1. The van der Waals surface area contributed by atoms with Gasteiger partial charge in [-0.15, -0.1) is 0 Å². The average molecular weight is 349 g/mol. The second-order valence-electron chi connectivity index (χ2n) is 5.67. The molecule has 3 rings (SSSR count). The van der Waals surface area contributed by atoms with Crippen LogP contribution in [0.1, 0.15) is 28.5 Å². The largest absolute Gasteiger partial charge is 0.504 e. The Morgan fingerprint density at radius 3 is 2.88 bits per heavy atom. The number of pyridine rings is 1. The number of benzene rings is 2. The number of amides is 1. The maximum Gasteiger partial charge on any atom is 0.273 e. The summed E-state index contributed by atoms with van der Waals surface area (Å²) in [6, 6.07) is 14.3. The van der Waals surface area contributed by atoms with Gasteiger partial charge in [0.25, 0.3) is 5.91 Å². The normalized spacial score (nSPS) is 11.0. The third-order valence-corrected chi connectivity index (χ3v) is 3.82. The Morgan fingerprint density at radius 2 is 2.08 bits per heavy atom. The number of aromatic hydroxyl groups is 1. The lowest BCUT2D eigenvalue weighted by Crippen LogP contribution is -2.19. The fourth-order valence-corrected chi connectivity index (χ4v) is 2.55. The Balaban J connectivity index is 1.75. The first-order chi connectivity index (χ1) is 12.6. The lowest BCUT2D eigenvalue weighted by Gasteiger charge is -2.07. The van der Waals surface area contributed by atoms with E-state index < -0.39 is 0 Å². The molecule has 0 radical (unpaired) electrons. The van der Waals surface area contributed by atoms with Gasteiger partial charge in [0.15, 0.2) is 11.5 Å². The van der Waals surface area contributed by atoms with E-state index in [-0.39, 0.29) is 11.7 Å². The molecule has 1 amide bonds. The number of hydrogen-bond donors (Lipinski definition) is 2. The van der Waals surface area contributed by atoms with Gasteiger partial charge in [-0.3, -0.25) is 9.78 Å². The van der Waals surface area contributed by atoms with Gasteiger partial charge in [0.05, 0.1) is 29.6 Å². The van der Waals surface area contributed by atoms with Crippen LogP contribution in [0.25, 0.3) is 10.9 Å². The maximum absolute atomic E-state index is 12.4. The number of carbonyl (C=O) groups is 1. The number of aromatic nitrogens is 1. The summed E-state index contributed by atoms with van der Waals surface area (Å²) < 4.78 is 5.32. The van der Waals surface area contributed by atoms with E-state index in [4.69, 9.17) is 4.74 Å². The van der Waals surface area contributed by atoms with Gasteiger partial charge in [-0.2, -0.15) is 5.10 Å². The molecular formula is C20H19N3O3. The molecule has 0 saturated heterocycles. The van der Waals surface area contributed by atoms with Gasteiger partial charge in [-0.05, 0) is 49.7 Å². The van der Waals surface area contributed by atoms with Gasteiger partial charge in [-0.25, -0.2) is 5.43 Å². The summed E-state index contributed by atoms with van der Waals surface area (Å²) in [5, 5.41) is 14.6. The fourth-order valence-electron chi connectivity index (χ4n) is 2.55. The van der Waals surface area contributed by atoms with Gasteiger partial charge in [0.1, 0.15) is 0 Å². The van der Waals surface area contributed by atoms with E-state index in [1.165, 1.54) is 12.3 Å². The third kappa shape index (κ3) is 3.80. The number of nitrogens with one attached hydrogen (secondary N) is 1. The molecule has 3 aromatic rings. The zero-order valence-electron chi connectivity index (χ0n) is 14.6. The molecule has 0 atom stereocenters. The van der Waals surface area contributed by atoms with E-state index in [1.807, 2.05) is 31.2 Å². The quantitative estimate of drug-likeness (QED) is 0.546. The number of phenolic OH excluding ortho intramolecular Hbond substituents is 1. The van der Waals surface area contributed by atoms with Crippen molar-refractivity contribution in [3.05, 3.63) is 65.4 Å². The van der Waals surface area contributed by atoms with Crippen LogP contribution in [0.15, 0.2) is 53.6 Å². The average Bonchev–Trinajstić information content (AvgIpc) is 2.64. The second kappa shape index (κ2) is 7.65. The zero-order valence-corrected chi connectivity index (χ0v) is 14.6. The molecule has 6 heteroatoms. The number of nitrogens with zero attached hydrogens (tertiary/aromatic N) is 2. The van der Waals surface area contributed by atoms with E-state index in [2.05, 4.69) is 15.5 Å². The van der Waals surface area contributed by atoms with Crippen LogP contribution in [0, 0.1) is 6.92 Å². The van der Waals surface area contributed by atoms with Crippen molar-refractivity contribution >= 4 is 23.0 Å². The van der Waals surface area contributed by atoms with Crippen molar-refractivity contribution in [2.75, 3.05) is 6.61 Å². The smallest absolute Gasteiger partial charge is 0.273 e. The van der Waals surface area contributed by atoms with Gasteiger partial charge in [0.2, 0.25) is 0 Å². The Morgan fingerprint density at radius 1 is 1.27 bits per heavy atom. The molecule has 0 aliphatic carbocycles. The molecule has 0 aliphatic rings. The SMILES string of the molecule is CCOc1cc(C=NNC(=O)c2cc3ccccc3nc2C)ccc1O. The maximum atomic E-state index is 12.4. The van der Waals surface area contributed by atoms with Crippen LogP contribution in [0.3, 0.4) is 0 Å². The number of phenols is 1. The monoisotopic (exact) mass is 349 g/mol. The Hall–Kier alpha value is -3.41. The summed E-state index contributed by atoms with van der Waals surface area (Å²) in [6.45, 7) is 4.07. The lowest BCUT2D eigenvalue weighted by molar-refractivity contribution is 0.0954. The van der Waals surface area contributed by atoms with Crippen LogP contribution in [0.2, 0.25) is 0 Å². The van der Waals surface area contributed by atoms with E-state index >= 15 is 0 Å². The Bertz CT molecular complexity index is 983. The number of para-hydroxylation sites is 1. The van der Waals surface area contributed by atoms with Crippen LogP contribution < -0.4 is 10.2 Å². The molecule has 0 spiro atoms. The van der Waals surface area contributed by atoms with Crippen molar-refractivity contribution < 1.29 is 14.6 Å². The van der Waals surface area contributed by atoms with Crippen molar-refractivity contribution in [3.8, 4) is 11.5 Å². The number of fused-ring (bicyclic) bond motifs is 1. The van der Waals surface area contributed by atoms with Crippen molar-refractivity contribution in [3.63, 3.8) is 0 Å². The molecule has 0 saturated carbocycles. The zero-order chi connectivity index (χ0) is 18.5. The molecule has 132 valence electrons. The first-order valence-electron chi connectivity index (χ1n) is 8.24. The highest BCUT2D eigenvalue weighted by atomic mass is 16.5. The molecule has 0 fully saturated rings. The standard InChI is InChI=1S/C20H19N3O3/c1-3-26-19-10-14(8-9-18(19)24)12-21-23-20(25)16-11-15-6-4-5-7-17(15)22-13(16)2/h4-12,24H,3H2,1-2H3,(H,23,25). The highest BCUT2D eigenvalue weighted by molar-refractivity contribution is 5.99. The lowest BCUT2D eigenvalue weighted by atomic mass is 10.1. The van der Waals surface area contributed by atoms with Crippen molar-refractivity contribution in [2.45, 2.75) is 13.8 Å². The van der Waals surface area contributed by atoms with Gasteiger partial charge in [-0.1, -0.05) is 18.2 Å². The van der Waals surface area contributed by atoms with Crippen LogP contribution in [-0.4, -0.2) is 28.8 Å². The highest BCUT2D eigenvalue weighted by Crippen LogP contribution is 2.26. The minimum absolute atomic E-state index is 0.0610. The molecule has 2 N–H and O–H groups in total. The molecule has 0 unspecified atom stereocenters.